The van der Waals surface area contributed by atoms with Crippen molar-refractivity contribution >= 4 is 22.5 Å². The van der Waals surface area contributed by atoms with E-state index in [4.69, 9.17) is 5.73 Å². The van der Waals surface area contributed by atoms with Gasteiger partial charge in [-0.25, -0.2) is 13.2 Å². The molecular formula is C27H27F3N4O. The van der Waals surface area contributed by atoms with Crippen LogP contribution in [-0.4, -0.2) is 40.6 Å². The highest BCUT2D eigenvalue weighted by atomic mass is 19.2. The van der Waals surface area contributed by atoms with Gasteiger partial charge in [-0.2, -0.15) is 0 Å². The van der Waals surface area contributed by atoms with E-state index in [0.717, 1.165) is 23.0 Å². The van der Waals surface area contributed by atoms with Crippen molar-refractivity contribution in [1.29, 1.82) is 0 Å². The van der Waals surface area contributed by atoms with Gasteiger partial charge < -0.3 is 10.6 Å². The van der Waals surface area contributed by atoms with Gasteiger partial charge in [-0.05, 0) is 43.5 Å². The lowest BCUT2D eigenvalue weighted by Gasteiger charge is -2.43. The van der Waals surface area contributed by atoms with Gasteiger partial charge in [0.05, 0.1) is 22.8 Å². The fourth-order valence-corrected chi connectivity index (χ4v) is 4.91. The van der Waals surface area contributed by atoms with Crippen LogP contribution in [0.15, 0.2) is 64.9 Å². The maximum atomic E-state index is 14.0. The molecule has 2 heterocycles. The van der Waals surface area contributed by atoms with Crippen LogP contribution in [0.1, 0.15) is 49.0 Å². The molecule has 8 heteroatoms. The summed E-state index contributed by atoms with van der Waals surface area (Å²) in [6, 6.07) is 10.3. The molecule has 0 bridgehead atoms. The molecule has 182 valence electrons. The van der Waals surface area contributed by atoms with Crippen LogP contribution in [-0.2, 0) is 0 Å². The molecule has 0 saturated carbocycles. The number of benzene rings is 2. The summed E-state index contributed by atoms with van der Waals surface area (Å²) in [7, 11) is 1.50. The monoisotopic (exact) mass is 480 g/mol. The Morgan fingerprint density at radius 3 is 2.43 bits per heavy atom. The highest BCUT2D eigenvalue weighted by Crippen LogP contribution is 2.34. The van der Waals surface area contributed by atoms with Gasteiger partial charge in [0.15, 0.2) is 17.5 Å². The fraction of sp³-hybridized carbons (Fsp3) is 0.296. The van der Waals surface area contributed by atoms with Gasteiger partial charge in [0.2, 0.25) is 0 Å². The molecule has 35 heavy (non-hydrogen) atoms. The number of aliphatic imine (C=N–C) groups is 1. The Kier molecular flexibility index (Phi) is 6.91. The Labute approximate surface area is 202 Å². The molecule has 3 aromatic rings. The number of amides is 1. The first kappa shape index (κ1) is 24.4. The quantitative estimate of drug-likeness (QED) is 0.393. The maximum Gasteiger partial charge on any atom is 0.255 e. The third-order valence-corrected chi connectivity index (χ3v) is 6.61. The Morgan fingerprint density at radius 1 is 1.11 bits per heavy atom. The molecule has 0 saturated heterocycles. The number of pyridine rings is 1. The molecular weight excluding hydrogens is 453 g/mol. The molecule has 0 spiro atoms. The van der Waals surface area contributed by atoms with Crippen molar-refractivity contribution in [3.63, 3.8) is 0 Å². The summed E-state index contributed by atoms with van der Waals surface area (Å²) in [6.45, 7) is 3.90. The number of aromatic nitrogens is 1. The zero-order chi connectivity index (χ0) is 25.3. The summed E-state index contributed by atoms with van der Waals surface area (Å²) >= 11 is 0. The molecule has 2 aromatic carbocycles. The van der Waals surface area contributed by atoms with Gasteiger partial charge in [0.1, 0.15) is 0 Å². The third-order valence-electron chi connectivity index (χ3n) is 6.61. The van der Waals surface area contributed by atoms with Gasteiger partial charge >= 0.3 is 0 Å². The van der Waals surface area contributed by atoms with Crippen LogP contribution < -0.4 is 5.73 Å². The van der Waals surface area contributed by atoms with Crippen molar-refractivity contribution in [2.45, 2.75) is 45.2 Å². The minimum atomic E-state index is -1.53. The van der Waals surface area contributed by atoms with Gasteiger partial charge in [-0.3, -0.25) is 14.8 Å². The molecule has 5 nitrogen and oxygen atoms in total. The molecule has 4 rings (SSSR count). The standard InChI is InChI=1S/C27H27F3N4O/c1-4-16-14-19(26(32-3)15-12-20(28)24(30)21(29)13-15)25(31)23(5-2)34(16)27(35)18-10-11-33-22-9-7-6-8-17(18)22/h6-13,16,23H,4-5,14,31H2,1-3H3/t16-,23+/m0/s1. The lowest BCUT2D eigenvalue weighted by atomic mass is 9.84. The first-order chi connectivity index (χ1) is 16.8. The molecule has 0 fully saturated rings. The first-order valence-electron chi connectivity index (χ1n) is 11.6. The minimum Gasteiger partial charge on any atom is -0.400 e. The molecule has 1 aliphatic heterocycles. The average molecular weight is 481 g/mol. The SMILES string of the molecule is CC[C@H]1CC(C(=NC)c2cc(F)c(F)c(F)c2)=C(N)[C@@H](CC)N1C(=O)c1ccnc2ccccc12. The second-order valence-electron chi connectivity index (χ2n) is 8.54. The number of halogens is 3. The number of hydrogen-bond donors (Lipinski definition) is 1. The second-order valence-corrected chi connectivity index (χ2v) is 8.54. The summed E-state index contributed by atoms with van der Waals surface area (Å²) in [5.74, 6) is -4.28. The minimum absolute atomic E-state index is 0.103. The van der Waals surface area contributed by atoms with Gasteiger partial charge in [-0.1, -0.05) is 32.0 Å². The Hall–Kier alpha value is -3.68. The highest BCUT2D eigenvalue weighted by Gasteiger charge is 2.38. The lowest BCUT2D eigenvalue weighted by Crippen LogP contribution is -2.53. The van der Waals surface area contributed by atoms with E-state index in [2.05, 4.69) is 9.98 Å². The van der Waals surface area contributed by atoms with Crippen molar-refractivity contribution in [2.75, 3.05) is 7.05 Å². The third kappa shape index (κ3) is 4.29. The zero-order valence-corrected chi connectivity index (χ0v) is 19.9. The lowest BCUT2D eigenvalue weighted by molar-refractivity contribution is 0.0572. The molecule has 1 aromatic heterocycles. The van der Waals surface area contributed by atoms with Crippen LogP contribution in [0.4, 0.5) is 13.2 Å². The molecule has 2 N–H and O–H groups in total. The van der Waals surface area contributed by atoms with Crippen LogP contribution in [0, 0.1) is 17.5 Å². The van der Waals surface area contributed by atoms with E-state index < -0.39 is 23.5 Å². The number of nitrogens with zero attached hydrogens (tertiary/aromatic N) is 3. The number of carbonyl (C=O) groups is 1. The van der Waals surface area contributed by atoms with Crippen LogP contribution in [0.25, 0.3) is 10.9 Å². The Bertz CT molecular complexity index is 1320. The normalized spacial score (nSPS) is 18.9. The maximum absolute atomic E-state index is 14.0. The molecule has 0 aliphatic carbocycles. The second kappa shape index (κ2) is 9.90. The molecule has 1 aliphatic rings. The molecule has 0 radical (unpaired) electrons. The molecule has 2 atom stereocenters. The van der Waals surface area contributed by atoms with Gasteiger partial charge in [-0.15, -0.1) is 0 Å². The first-order valence-corrected chi connectivity index (χ1v) is 11.6. The predicted octanol–water partition coefficient (Wildman–Crippen LogP) is 5.39. The number of hydrogen-bond acceptors (Lipinski definition) is 4. The highest BCUT2D eigenvalue weighted by molar-refractivity contribution is 6.13. The van der Waals surface area contributed by atoms with Crippen molar-refractivity contribution in [2.24, 2.45) is 10.7 Å². The smallest absolute Gasteiger partial charge is 0.255 e. The molecule has 1 amide bonds. The summed E-state index contributed by atoms with van der Waals surface area (Å²) in [5.41, 5.74) is 9.30. The number of nitrogens with two attached hydrogens (primary N) is 1. The Balaban J connectivity index is 1.81. The van der Waals surface area contributed by atoms with E-state index in [0.29, 0.717) is 41.8 Å². The van der Waals surface area contributed by atoms with Crippen LogP contribution >= 0.6 is 0 Å². The van der Waals surface area contributed by atoms with E-state index in [9.17, 15) is 18.0 Å². The van der Waals surface area contributed by atoms with E-state index in [1.807, 2.05) is 38.1 Å². The van der Waals surface area contributed by atoms with Crippen molar-refractivity contribution in [3.8, 4) is 0 Å². The van der Waals surface area contributed by atoms with E-state index in [-0.39, 0.29) is 17.5 Å². The summed E-state index contributed by atoms with van der Waals surface area (Å²) < 4.78 is 41.6. The van der Waals surface area contributed by atoms with Crippen LogP contribution in [0.3, 0.4) is 0 Å². The summed E-state index contributed by atoms with van der Waals surface area (Å²) in [6.07, 6.45) is 3.13. The van der Waals surface area contributed by atoms with E-state index >= 15 is 0 Å². The average Bonchev–Trinajstić information content (AvgIpc) is 2.87. The summed E-state index contributed by atoms with van der Waals surface area (Å²) in [4.78, 5) is 24.3. The predicted molar refractivity (Wildman–Crippen MR) is 131 cm³/mol. The van der Waals surface area contributed by atoms with Gasteiger partial charge in [0.25, 0.3) is 5.91 Å². The van der Waals surface area contributed by atoms with Crippen molar-refractivity contribution in [1.82, 2.24) is 9.88 Å². The number of para-hydroxylation sites is 1. The number of fused-ring (bicyclic) bond motifs is 1. The van der Waals surface area contributed by atoms with Crippen molar-refractivity contribution < 1.29 is 18.0 Å². The Morgan fingerprint density at radius 2 is 1.80 bits per heavy atom. The van der Waals surface area contributed by atoms with Crippen LogP contribution in [0.2, 0.25) is 0 Å². The topological polar surface area (TPSA) is 71.6 Å². The summed E-state index contributed by atoms with van der Waals surface area (Å²) in [5, 5.41) is 0.756. The fourth-order valence-electron chi connectivity index (χ4n) is 4.91. The van der Waals surface area contributed by atoms with E-state index in [1.165, 1.54) is 7.05 Å². The number of carbonyl (C=O) groups excluding carboxylic acids is 1. The van der Waals surface area contributed by atoms with Crippen LogP contribution in [0.5, 0.6) is 0 Å². The number of rotatable bonds is 5. The van der Waals surface area contributed by atoms with Crippen molar-refractivity contribution in [3.05, 3.63) is 88.5 Å². The largest absolute Gasteiger partial charge is 0.400 e. The van der Waals surface area contributed by atoms with E-state index in [1.54, 1.807) is 17.2 Å². The van der Waals surface area contributed by atoms with Gasteiger partial charge in [0, 0.05) is 41.5 Å². The zero-order valence-electron chi connectivity index (χ0n) is 19.9. The molecule has 0 unspecified atom stereocenters.